The molecule has 0 aliphatic carbocycles. The van der Waals surface area contributed by atoms with Crippen LogP contribution in [-0.4, -0.2) is 46.7 Å². The molecule has 2 rings (SSSR count). The predicted octanol–water partition coefficient (Wildman–Crippen LogP) is 2.56. The van der Waals surface area contributed by atoms with Gasteiger partial charge < -0.3 is 14.7 Å². The lowest BCUT2D eigenvalue weighted by atomic mass is 9.80. The molecular weight excluding hydrogens is 284 g/mol. The summed E-state index contributed by atoms with van der Waals surface area (Å²) in [4.78, 5) is 26.5. The molecular formula is C16H22N2O4. The van der Waals surface area contributed by atoms with E-state index in [-0.39, 0.29) is 0 Å². The van der Waals surface area contributed by atoms with Crippen molar-refractivity contribution in [3.8, 4) is 0 Å². The van der Waals surface area contributed by atoms with E-state index in [2.05, 4.69) is 4.90 Å². The fraction of sp³-hybridized carbons (Fsp3) is 0.500. The number of carboxylic acid groups (broad SMARTS) is 1. The summed E-state index contributed by atoms with van der Waals surface area (Å²) >= 11 is 0. The van der Waals surface area contributed by atoms with Crippen molar-refractivity contribution in [1.82, 2.24) is 9.80 Å². The number of piperidine rings is 1. The first kappa shape index (κ1) is 16.1. The predicted molar refractivity (Wildman–Crippen MR) is 81.8 cm³/mol. The van der Waals surface area contributed by atoms with Gasteiger partial charge >= 0.3 is 12.1 Å². The number of carbonyl (C=O) groups excluding carboxylic acids is 1. The van der Waals surface area contributed by atoms with Crippen LogP contribution >= 0.6 is 0 Å². The molecule has 0 saturated carbocycles. The molecule has 1 amide bonds. The third-order valence-electron chi connectivity index (χ3n) is 4.15. The molecule has 2 heterocycles. The Morgan fingerprint density at radius 3 is 2.59 bits per heavy atom. The zero-order valence-electron chi connectivity index (χ0n) is 13.0. The lowest BCUT2D eigenvalue weighted by Gasteiger charge is -2.38. The Labute approximate surface area is 130 Å². The van der Waals surface area contributed by atoms with Gasteiger partial charge in [0.25, 0.3) is 0 Å². The molecule has 0 aromatic carbocycles. The number of ether oxygens (including phenoxy) is 1. The lowest BCUT2D eigenvalue weighted by Crippen LogP contribution is -2.41. The van der Waals surface area contributed by atoms with Crippen molar-refractivity contribution < 1.29 is 19.4 Å². The Morgan fingerprint density at radius 1 is 1.32 bits per heavy atom. The summed E-state index contributed by atoms with van der Waals surface area (Å²) in [5.41, 5.74) is 0.327. The lowest BCUT2D eigenvalue weighted by molar-refractivity contribution is -0.150. The van der Waals surface area contributed by atoms with Crippen molar-refractivity contribution in [2.24, 2.45) is 5.41 Å². The van der Waals surface area contributed by atoms with Crippen LogP contribution in [-0.2, 0) is 9.53 Å². The molecule has 120 valence electrons. The molecule has 0 aromatic heterocycles. The first-order chi connectivity index (χ1) is 10.5. The Balaban J connectivity index is 1.99. The first-order valence-electron chi connectivity index (χ1n) is 7.46. The summed E-state index contributed by atoms with van der Waals surface area (Å²) in [6.07, 6.45) is 9.67. The summed E-state index contributed by atoms with van der Waals surface area (Å²) < 4.78 is 4.95. The maximum Gasteiger partial charge on any atom is 0.417 e. The minimum atomic E-state index is -0.731. The number of hydrogen-bond donors (Lipinski definition) is 1. The van der Waals surface area contributed by atoms with Crippen LogP contribution in [0.4, 0.5) is 4.79 Å². The van der Waals surface area contributed by atoms with Gasteiger partial charge in [0.1, 0.15) is 0 Å². The second-order valence-electron chi connectivity index (χ2n) is 5.71. The maximum atomic E-state index is 11.7. The van der Waals surface area contributed by atoms with Crippen molar-refractivity contribution in [1.29, 1.82) is 0 Å². The van der Waals surface area contributed by atoms with Gasteiger partial charge in [0.2, 0.25) is 0 Å². The van der Waals surface area contributed by atoms with E-state index in [4.69, 9.17) is 4.74 Å². The van der Waals surface area contributed by atoms with Crippen LogP contribution in [0, 0.1) is 5.41 Å². The molecule has 2 aliphatic rings. The normalized spacial score (nSPS) is 20.4. The number of amides is 1. The van der Waals surface area contributed by atoms with Crippen LogP contribution in [0.1, 0.15) is 26.7 Å². The van der Waals surface area contributed by atoms with E-state index < -0.39 is 17.5 Å². The average Bonchev–Trinajstić information content (AvgIpc) is 2.74. The highest BCUT2D eigenvalue weighted by molar-refractivity contribution is 5.74. The minimum Gasteiger partial charge on any atom is -0.481 e. The molecule has 22 heavy (non-hydrogen) atoms. The topological polar surface area (TPSA) is 70.1 Å². The molecule has 0 aromatic rings. The second kappa shape index (κ2) is 6.68. The zero-order chi connectivity index (χ0) is 16.2. The molecule has 0 radical (unpaired) electrons. The molecule has 2 aliphatic heterocycles. The number of nitrogens with zero attached hydrogens (tertiary/aromatic N) is 2. The third kappa shape index (κ3) is 3.50. The number of likely N-dealkylation sites (tertiary alicyclic amines) is 1. The van der Waals surface area contributed by atoms with Crippen LogP contribution < -0.4 is 0 Å². The molecule has 6 heteroatoms. The highest BCUT2D eigenvalue weighted by Gasteiger charge is 2.37. The largest absolute Gasteiger partial charge is 0.481 e. The van der Waals surface area contributed by atoms with E-state index in [0.717, 1.165) is 5.70 Å². The number of allylic oxidation sites excluding steroid dienone is 3. The van der Waals surface area contributed by atoms with Crippen LogP contribution in [0.5, 0.6) is 0 Å². The van der Waals surface area contributed by atoms with Crippen molar-refractivity contribution in [2.75, 3.05) is 19.7 Å². The Kier molecular flexibility index (Phi) is 4.90. The number of carboxylic acids is 1. The van der Waals surface area contributed by atoms with E-state index >= 15 is 0 Å². The zero-order valence-corrected chi connectivity index (χ0v) is 13.0. The number of carbonyl (C=O) groups is 2. The van der Waals surface area contributed by atoms with Gasteiger partial charge in [-0.3, -0.25) is 9.69 Å². The fourth-order valence-electron chi connectivity index (χ4n) is 2.50. The summed E-state index contributed by atoms with van der Waals surface area (Å²) in [7, 11) is 0. The van der Waals surface area contributed by atoms with E-state index in [1.54, 1.807) is 32.3 Å². The maximum absolute atomic E-state index is 11.7. The van der Waals surface area contributed by atoms with Crippen molar-refractivity contribution in [2.45, 2.75) is 26.7 Å². The van der Waals surface area contributed by atoms with Crippen molar-refractivity contribution in [3.05, 3.63) is 36.3 Å². The number of rotatable bonds is 3. The SMILES string of the molecule is CCOC(=O)N1C=CC=C(N2CCC(C)(C(=O)O)CC2)C=C1. The Morgan fingerprint density at radius 2 is 2.00 bits per heavy atom. The van der Waals surface area contributed by atoms with Gasteiger partial charge in [0, 0.05) is 31.2 Å². The van der Waals surface area contributed by atoms with Gasteiger partial charge in [-0.15, -0.1) is 0 Å². The van der Waals surface area contributed by atoms with Gasteiger partial charge in [-0.05, 0) is 44.9 Å². The Hall–Kier alpha value is -2.24. The molecule has 0 bridgehead atoms. The highest BCUT2D eigenvalue weighted by atomic mass is 16.6. The minimum absolute atomic E-state index is 0.331. The van der Waals surface area contributed by atoms with Gasteiger partial charge in [0.15, 0.2) is 0 Å². The van der Waals surface area contributed by atoms with E-state index in [1.165, 1.54) is 4.90 Å². The van der Waals surface area contributed by atoms with Crippen LogP contribution in [0.2, 0.25) is 0 Å². The monoisotopic (exact) mass is 306 g/mol. The molecule has 0 atom stereocenters. The van der Waals surface area contributed by atoms with Gasteiger partial charge in [-0.2, -0.15) is 0 Å². The number of aliphatic carboxylic acids is 1. The fourth-order valence-corrected chi connectivity index (χ4v) is 2.50. The highest BCUT2D eigenvalue weighted by Crippen LogP contribution is 2.32. The summed E-state index contributed by atoms with van der Waals surface area (Å²) in [5, 5.41) is 9.27. The van der Waals surface area contributed by atoms with Crippen molar-refractivity contribution >= 4 is 12.1 Å². The van der Waals surface area contributed by atoms with Gasteiger partial charge in [0.05, 0.1) is 12.0 Å². The molecule has 0 spiro atoms. The van der Waals surface area contributed by atoms with Crippen LogP contribution in [0.15, 0.2) is 36.3 Å². The van der Waals surface area contributed by atoms with Gasteiger partial charge in [-0.25, -0.2) is 4.79 Å². The molecule has 6 nitrogen and oxygen atoms in total. The van der Waals surface area contributed by atoms with Crippen LogP contribution in [0.3, 0.4) is 0 Å². The molecule has 1 N–H and O–H groups in total. The van der Waals surface area contributed by atoms with E-state index in [9.17, 15) is 14.7 Å². The molecule has 0 unspecified atom stereocenters. The summed E-state index contributed by atoms with van der Waals surface area (Å²) in [6, 6.07) is 0. The first-order valence-corrected chi connectivity index (χ1v) is 7.46. The van der Waals surface area contributed by atoms with Crippen LogP contribution in [0.25, 0.3) is 0 Å². The summed E-state index contributed by atoms with van der Waals surface area (Å²) in [6.45, 7) is 5.27. The molecule has 1 saturated heterocycles. The Bertz CT molecular complexity index is 528. The van der Waals surface area contributed by atoms with E-state index in [1.807, 2.05) is 12.2 Å². The molecule has 1 fully saturated rings. The number of hydrogen-bond acceptors (Lipinski definition) is 4. The smallest absolute Gasteiger partial charge is 0.417 e. The standard InChI is InChI=1S/C16H22N2O4/c1-3-22-15(21)18-9-4-5-13(6-10-18)17-11-7-16(2,8-12-17)14(19)20/h4-6,9-10H,3,7-8,11-12H2,1-2H3,(H,19,20). The summed E-state index contributed by atoms with van der Waals surface area (Å²) in [5.74, 6) is -0.731. The second-order valence-corrected chi connectivity index (χ2v) is 5.71. The third-order valence-corrected chi connectivity index (χ3v) is 4.15. The quantitative estimate of drug-likeness (QED) is 0.867. The average molecular weight is 306 g/mol. The van der Waals surface area contributed by atoms with E-state index in [0.29, 0.717) is 32.5 Å². The van der Waals surface area contributed by atoms with Crippen molar-refractivity contribution in [3.63, 3.8) is 0 Å². The van der Waals surface area contributed by atoms with Gasteiger partial charge in [-0.1, -0.05) is 0 Å².